The predicted octanol–water partition coefficient (Wildman–Crippen LogP) is 2.41. The normalized spacial score (nSPS) is 12.4. The van der Waals surface area contributed by atoms with E-state index in [1.54, 1.807) is 0 Å². The fourth-order valence-electron chi connectivity index (χ4n) is 1.55. The van der Waals surface area contributed by atoms with E-state index in [1.165, 1.54) is 25.3 Å². The summed E-state index contributed by atoms with van der Waals surface area (Å²) in [6, 6.07) is 3.80. The van der Waals surface area contributed by atoms with Gasteiger partial charge in [-0.1, -0.05) is 13.8 Å². The molecule has 1 rings (SSSR count). The third-order valence-corrected chi connectivity index (χ3v) is 5.34. The summed E-state index contributed by atoms with van der Waals surface area (Å²) in [7, 11) is -0.907. The number of benzene rings is 1. The molecule has 0 aliphatic rings. The first-order chi connectivity index (χ1) is 9.55. The minimum absolute atomic E-state index is 0.0114. The Kier molecular flexibility index (Phi) is 5.89. The van der Waals surface area contributed by atoms with Crippen LogP contribution in [-0.2, 0) is 19.1 Å². The van der Waals surface area contributed by atoms with Gasteiger partial charge in [0.05, 0.1) is 18.6 Å². The SMILES string of the molecule is COc1cc(NS(=O)(=O)CCC(C)C)ccc1S(=O)(=O)Cl. The molecule has 0 radical (unpaired) electrons. The smallest absolute Gasteiger partial charge is 0.264 e. The Bertz CT molecular complexity index is 698. The number of sulfonamides is 1. The molecule has 0 fully saturated rings. The predicted molar refractivity (Wildman–Crippen MR) is 82.9 cm³/mol. The van der Waals surface area contributed by atoms with Gasteiger partial charge in [0.25, 0.3) is 9.05 Å². The molecule has 0 aliphatic carbocycles. The average Bonchev–Trinajstić information content (AvgIpc) is 2.34. The molecule has 0 saturated carbocycles. The number of methoxy groups -OCH3 is 1. The van der Waals surface area contributed by atoms with Crippen molar-refractivity contribution in [3.8, 4) is 5.75 Å². The minimum Gasteiger partial charge on any atom is -0.495 e. The first-order valence-electron chi connectivity index (χ1n) is 6.18. The van der Waals surface area contributed by atoms with Gasteiger partial charge in [-0.3, -0.25) is 4.72 Å². The molecule has 0 aliphatic heterocycles. The lowest BCUT2D eigenvalue weighted by Crippen LogP contribution is -2.18. The van der Waals surface area contributed by atoms with E-state index in [9.17, 15) is 16.8 Å². The van der Waals surface area contributed by atoms with Gasteiger partial charge in [-0.2, -0.15) is 0 Å². The lowest BCUT2D eigenvalue weighted by atomic mass is 10.2. The number of nitrogens with one attached hydrogen (secondary N) is 1. The fourth-order valence-corrected chi connectivity index (χ4v) is 3.92. The van der Waals surface area contributed by atoms with Crippen LogP contribution in [0.1, 0.15) is 20.3 Å². The Labute approximate surface area is 129 Å². The summed E-state index contributed by atoms with van der Waals surface area (Å²) in [6.07, 6.45) is 0.528. The molecule has 1 aromatic rings. The Morgan fingerprint density at radius 1 is 1.24 bits per heavy atom. The van der Waals surface area contributed by atoms with E-state index in [0.717, 1.165) is 0 Å². The number of hydrogen-bond donors (Lipinski definition) is 1. The second-order valence-electron chi connectivity index (χ2n) is 4.91. The van der Waals surface area contributed by atoms with E-state index in [-0.39, 0.29) is 28.0 Å². The van der Waals surface area contributed by atoms with Crippen molar-refractivity contribution in [1.29, 1.82) is 0 Å². The van der Waals surface area contributed by atoms with Crippen LogP contribution in [0.25, 0.3) is 0 Å². The van der Waals surface area contributed by atoms with E-state index < -0.39 is 19.1 Å². The molecule has 0 bridgehead atoms. The van der Waals surface area contributed by atoms with Gasteiger partial charge >= 0.3 is 0 Å². The van der Waals surface area contributed by atoms with Gasteiger partial charge in [0, 0.05) is 16.7 Å². The summed E-state index contributed by atoms with van der Waals surface area (Å²) in [5.74, 6) is 0.233. The van der Waals surface area contributed by atoms with Crippen molar-refractivity contribution in [3.05, 3.63) is 18.2 Å². The summed E-state index contributed by atoms with van der Waals surface area (Å²) in [6.45, 7) is 3.86. The van der Waals surface area contributed by atoms with E-state index in [4.69, 9.17) is 15.4 Å². The Hall–Kier alpha value is -0.990. The maximum atomic E-state index is 11.9. The van der Waals surface area contributed by atoms with Gasteiger partial charge < -0.3 is 4.74 Å². The summed E-state index contributed by atoms with van der Waals surface area (Å²) in [5, 5.41) is 0. The van der Waals surface area contributed by atoms with Gasteiger partial charge in [0.2, 0.25) is 10.0 Å². The highest BCUT2D eigenvalue weighted by atomic mass is 35.7. The second-order valence-corrected chi connectivity index (χ2v) is 9.28. The van der Waals surface area contributed by atoms with Crippen molar-refractivity contribution < 1.29 is 21.6 Å². The topological polar surface area (TPSA) is 89.5 Å². The maximum Gasteiger partial charge on any atom is 0.264 e. The highest BCUT2D eigenvalue weighted by Gasteiger charge is 2.18. The molecule has 6 nitrogen and oxygen atoms in total. The standard InChI is InChI=1S/C12H18ClNO5S2/c1-9(2)6-7-20(15,16)14-10-4-5-12(21(13,17)18)11(8-10)19-3/h4-5,8-9,14H,6-7H2,1-3H3. The van der Waals surface area contributed by atoms with Crippen molar-refractivity contribution in [2.45, 2.75) is 25.2 Å². The van der Waals surface area contributed by atoms with Crippen LogP contribution in [0.15, 0.2) is 23.1 Å². The van der Waals surface area contributed by atoms with Gasteiger partial charge in [-0.15, -0.1) is 0 Å². The molecule has 0 saturated heterocycles. The number of ether oxygens (including phenoxy) is 1. The maximum absolute atomic E-state index is 11.9. The highest BCUT2D eigenvalue weighted by molar-refractivity contribution is 8.13. The molecule has 0 aromatic heterocycles. The third kappa shape index (κ3) is 5.72. The van der Waals surface area contributed by atoms with Crippen molar-refractivity contribution in [1.82, 2.24) is 0 Å². The number of rotatable bonds is 7. The second kappa shape index (κ2) is 6.85. The average molecular weight is 356 g/mol. The van der Waals surface area contributed by atoms with E-state index in [0.29, 0.717) is 6.42 Å². The Morgan fingerprint density at radius 2 is 1.86 bits per heavy atom. The number of halogens is 1. The lowest BCUT2D eigenvalue weighted by Gasteiger charge is -2.12. The van der Waals surface area contributed by atoms with Crippen LogP contribution in [0.5, 0.6) is 5.75 Å². The fraction of sp³-hybridized carbons (Fsp3) is 0.500. The van der Waals surface area contributed by atoms with E-state index in [2.05, 4.69) is 4.72 Å². The van der Waals surface area contributed by atoms with Crippen LogP contribution in [0.2, 0.25) is 0 Å². The molecule has 0 heterocycles. The summed E-state index contributed by atoms with van der Waals surface area (Å²) >= 11 is 0. The zero-order valence-electron chi connectivity index (χ0n) is 12.0. The van der Waals surface area contributed by atoms with Crippen molar-refractivity contribution >= 4 is 35.4 Å². The summed E-state index contributed by atoms with van der Waals surface area (Å²) < 4.78 is 53.8. The van der Waals surface area contributed by atoms with Crippen LogP contribution in [0, 0.1) is 5.92 Å². The first-order valence-corrected chi connectivity index (χ1v) is 10.1. The zero-order chi connectivity index (χ0) is 16.3. The van der Waals surface area contributed by atoms with E-state index in [1.807, 2.05) is 13.8 Å². The van der Waals surface area contributed by atoms with Crippen molar-refractivity contribution in [3.63, 3.8) is 0 Å². The largest absolute Gasteiger partial charge is 0.495 e. The van der Waals surface area contributed by atoms with Gasteiger partial charge in [-0.05, 0) is 24.5 Å². The summed E-state index contributed by atoms with van der Waals surface area (Å²) in [5.41, 5.74) is 0.222. The molecule has 0 unspecified atom stereocenters. The molecule has 120 valence electrons. The van der Waals surface area contributed by atoms with E-state index >= 15 is 0 Å². The van der Waals surface area contributed by atoms with Crippen molar-refractivity contribution in [2.24, 2.45) is 5.92 Å². The van der Waals surface area contributed by atoms with Gasteiger partial charge in [0.15, 0.2) is 0 Å². The van der Waals surface area contributed by atoms with Crippen LogP contribution < -0.4 is 9.46 Å². The molecule has 1 N–H and O–H groups in total. The van der Waals surface area contributed by atoms with Crippen LogP contribution in [0.4, 0.5) is 5.69 Å². The van der Waals surface area contributed by atoms with Gasteiger partial charge in [0.1, 0.15) is 10.6 Å². The number of hydrogen-bond acceptors (Lipinski definition) is 5. The van der Waals surface area contributed by atoms with Crippen LogP contribution in [0.3, 0.4) is 0 Å². The molecular formula is C12H18ClNO5S2. The monoisotopic (exact) mass is 355 g/mol. The van der Waals surface area contributed by atoms with Crippen LogP contribution in [-0.4, -0.2) is 29.7 Å². The Balaban J connectivity index is 3.01. The van der Waals surface area contributed by atoms with Gasteiger partial charge in [-0.25, -0.2) is 16.8 Å². The first kappa shape index (κ1) is 18.1. The lowest BCUT2D eigenvalue weighted by molar-refractivity contribution is 0.403. The quantitative estimate of drug-likeness (QED) is 0.758. The molecule has 0 amide bonds. The molecule has 9 heteroatoms. The Morgan fingerprint density at radius 3 is 2.33 bits per heavy atom. The number of anilines is 1. The van der Waals surface area contributed by atoms with Crippen molar-refractivity contribution in [2.75, 3.05) is 17.6 Å². The molecular weight excluding hydrogens is 338 g/mol. The summed E-state index contributed by atoms with van der Waals surface area (Å²) in [4.78, 5) is -0.211. The molecule has 0 spiro atoms. The molecule has 1 aromatic carbocycles. The third-order valence-electron chi connectivity index (χ3n) is 2.66. The van der Waals surface area contributed by atoms with Crippen LogP contribution >= 0.6 is 10.7 Å². The highest BCUT2D eigenvalue weighted by Crippen LogP contribution is 2.30. The minimum atomic E-state index is -3.96. The zero-order valence-corrected chi connectivity index (χ0v) is 14.3. The molecule has 21 heavy (non-hydrogen) atoms. The molecule has 0 atom stereocenters.